The summed E-state index contributed by atoms with van der Waals surface area (Å²) in [7, 11) is 0. The number of hydrogen-bond donors (Lipinski definition) is 2. The minimum atomic E-state index is -0.695. The first-order chi connectivity index (χ1) is 11.9. The van der Waals surface area contributed by atoms with Crippen LogP contribution < -0.4 is 10.6 Å². The van der Waals surface area contributed by atoms with Crippen LogP contribution in [0.3, 0.4) is 0 Å². The van der Waals surface area contributed by atoms with E-state index in [0.29, 0.717) is 6.54 Å². The summed E-state index contributed by atoms with van der Waals surface area (Å²) in [6.07, 6.45) is 1.74. The molecular formula is C17H24N4O4. The van der Waals surface area contributed by atoms with Crippen molar-refractivity contribution < 1.29 is 14.5 Å². The van der Waals surface area contributed by atoms with E-state index in [0.717, 1.165) is 25.9 Å². The Balaban J connectivity index is 2.04. The molecule has 8 heteroatoms. The molecule has 0 spiro atoms. The average Bonchev–Trinajstić information content (AvgIpc) is 3.13. The predicted molar refractivity (Wildman–Crippen MR) is 93.3 cm³/mol. The lowest BCUT2D eigenvalue weighted by atomic mass is 10.1. The maximum Gasteiger partial charge on any atom is 0.270 e. The van der Waals surface area contributed by atoms with Crippen molar-refractivity contribution in [2.45, 2.75) is 38.8 Å². The van der Waals surface area contributed by atoms with Crippen LogP contribution >= 0.6 is 0 Å². The highest BCUT2D eigenvalue weighted by Gasteiger charge is 2.29. The summed E-state index contributed by atoms with van der Waals surface area (Å²) >= 11 is 0. The summed E-state index contributed by atoms with van der Waals surface area (Å²) in [6, 6.07) is 4.92. The normalized spacial score (nSPS) is 17.8. The van der Waals surface area contributed by atoms with Gasteiger partial charge in [-0.3, -0.25) is 19.7 Å². The molecule has 0 aliphatic carbocycles. The van der Waals surface area contributed by atoms with Crippen molar-refractivity contribution in [1.82, 2.24) is 15.5 Å². The van der Waals surface area contributed by atoms with Crippen LogP contribution in [-0.2, 0) is 4.79 Å². The second kappa shape index (κ2) is 8.57. The molecule has 1 heterocycles. The molecule has 0 radical (unpaired) electrons. The van der Waals surface area contributed by atoms with E-state index < -0.39 is 16.9 Å². The highest BCUT2D eigenvalue weighted by atomic mass is 16.6. The topological polar surface area (TPSA) is 105 Å². The van der Waals surface area contributed by atoms with Crippen LogP contribution in [0.15, 0.2) is 24.3 Å². The van der Waals surface area contributed by atoms with Gasteiger partial charge in [0.2, 0.25) is 5.91 Å². The molecule has 1 saturated heterocycles. The van der Waals surface area contributed by atoms with Crippen molar-refractivity contribution in [3.05, 3.63) is 39.9 Å². The van der Waals surface area contributed by atoms with Gasteiger partial charge in [-0.2, -0.15) is 0 Å². The van der Waals surface area contributed by atoms with Gasteiger partial charge in [-0.1, -0.05) is 13.0 Å². The van der Waals surface area contributed by atoms with E-state index in [2.05, 4.69) is 10.6 Å². The van der Waals surface area contributed by atoms with Gasteiger partial charge < -0.3 is 15.5 Å². The number of nitrogens with zero attached hydrogens (tertiary/aromatic N) is 2. The molecule has 2 rings (SSSR count). The second-order valence-corrected chi connectivity index (χ2v) is 6.18. The third kappa shape index (κ3) is 4.76. The molecule has 8 nitrogen and oxygen atoms in total. The summed E-state index contributed by atoms with van der Waals surface area (Å²) in [5, 5.41) is 16.7. The summed E-state index contributed by atoms with van der Waals surface area (Å²) in [4.78, 5) is 37.1. The number of carbonyl (C=O) groups excluding carboxylic acids is 2. The van der Waals surface area contributed by atoms with Gasteiger partial charge in [0.25, 0.3) is 11.6 Å². The Hall–Kier alpha value is -2.48. The molecule has 2 amide bonds. The van der Waals surface area contributed by atoms with Crippen LogP contribution in [0.2, 0.25) is 0 Å². The molecule has 0 aromatic heterocycles. The zero-order valence-electron chi connectivity index (χ0n) is 14.5. The first kappa shape index (κ1) is 18.9. The SMILES string of the molecule is CCCN(C(=O)C(C)NC(=O)c1cccc([N+](=O)[O-])c1)C1CCNC1. The lowest BCUT2D eigenvalue weighted by Gasteiger charge is -2.31. The summed E-state index contributed by atoms with van der Waals surface area (Å²) in [6.45, 7) is 5.93. The molecule has 2 N–H and O–H groups in total. The first-order valence-electron chi connectivity index (χ1n) is 8.50. The third-order valence-corrected chi connectivity index (χ3v) is 4.26. The molecule has 0 saturated carbocycles. The summed E-state index contributed by atoms with van der Waals surface area (Å²) in [5.41, 5.74) is 0.00898. The number of carbonyl (C=O) groups is 2. The van der Waals surface area contributed by atoms with E-state index in [1.54, 1.807) is 6.92 Å². The van der Waals surface area contributed by atoms with Crippen LogP contribution in [0.5, 0.6) is 0 Å². The quantitative estimate of drug-likeness (QED) is 0.571. The van der Waals surface area contributed by atoms with Crippen LogP contribution in [0.25, 0.3) is 0 Å². The van der Waals surface area contributed by atoms with E-state index >= 15 is 0 Å². The largest absolute Gasteiger partial charge is 0.341 e. The second-order valence-electron chi connectivity index (χ2n) is 6.18. The number of non-ortho nitro benzene ring substituents is 1. The van der Waals surface area contributed by atoms with Crippen LogP contribution in [0.4, 0.5) is 5.69 Å². The van der Waals surface area contributed by atoms with Gasteiger partial charge in [-0.25, -0.2) is 0 Å². The molecule has 1 aliphatic heterocycles. The van der Waals surface area contributed by atoms with Crippen LogP contribution in [0, 0.1) is 10.1 Å². The van der Waals surface area contributed by atoms with E-state index in [9.17, 15) is 19.7 Å². The van der Waals surface area contributed by atoms with Gasteiger partial charge >= 0.3 is 0 Å². The van der Waals surface area contributed by atoms with Crippen molar-refractivity contribution in [2.24, 2.45) is 0 Å². The van der Waals surface area contributed by atoms with Gasteiger partial charge in [-0.05, 0) is 32.4 Å². The van der Waals surface area contributed by atoms with Crippen molar-refractivity contribution in [2.75, 3.05) is 19.6 Å². The molecule has 0 bridgehead atoms. The fourth-order valence-electron chi connectivity index (χ4n) is 2.97. The van der Waals surface area contributed by atoms with Crippen molar-refractivity contribution >= 4 is 17.5 Å². The molecule has 136 valence electrons. The lowest BCUT2D eigenvalue weighted by Crippen LogP contribution is -2.51. The monoisotopic (exact) mass is 348 g/mol. The third-order valence-electron chi connectivity index (χ3n) is 4.26. The Morgan fingerprint density at radius 3 is 2.84 bits per heavy atom. The highest BCUT2D eigenvalue weighted by molar-refractivity contribution is 5.97. The van der Waals surface area contributed by atoms with Gasteiger partial charge in [0.15, 0.2) is 0 Å². The number of hydrogen-bond acceptors (Lipinski definition) is 5. The lowest BCUT2D eigenvalue weighted by molar-refractivity contribution is -0.384. The molecule has 1 aromatic carbocycles. The van der Waals surface area contributed by atoms with Gasteiger partial charge in [0, 0.05) is 36.8 Å². The van der Waals surface area contributed by atoms with Crippen molar-refractivity contribution in [3.63, 3.8) is 0 Å². The van der Waals surface area contributed by atoms with E-state index in [-0.39, 0.29) is 23.2 Å². The minimum Gasteiger partial charge on any atom is -0.341 e. The Morgan fingerprint density at radius 2 is 2.24 bits per heavy atom. The van der Waals surface area contributed by atoms with Crippen LogP contribution in [-0.4, -0.2) is 53.4 Å². The standard InChI is InChI=1S/C17H24N4O4/c1-3-9-20(15-7-8-18-11-15)17(23)12(2)19-16(22)13-5-4-6-14(10-13)21(24)25/h4-6,10,12,15,18H,3,7-9,11H2,1-2H3,(H,19,22). The number of rotatable bonds is 7. The van der Waals surface area contributed by atoms with Gasteiger partial charge in [0.05, 0.1) is 4.92 Å². The smallest absolute Gasteiger partial charge is 0.270 e. The van der Waals surface area contributed by atoms with Crippen molar-refractivity contribution in [3.8, 4) is 0 Å². The molecule has 2 atom stereocenters. The maximum atomic E-state index is 12.7. The highest BCUT2D eigenvalue weighted by Crippen LogP contribution is 2.14. The van der Waals surface area contributed by atoms with Gasteiger partial charge in [0.1, 0.15) is 6.04 Å². The number of benzene rings is 1. The number of nitro benzene ring substituents is 1. The predicted octanol–water partition coefficient (Wildman–Crippen LogP) is 1.31. The fraction of sp³-hybridized carbons (Fsp3) is 0.529. The number of nitro groups is 1. The zero-order chi connectivity index (χ0) is 18.4. The van der Waals surface area contributed by atoms with E-state index in [1.807, 2.05) is 11.8 Å². The average molecular weight is 348 g/mol. The first-order valence-corrected chi connectivity index (χ1v) is 8.50. The molecule has 1 fully saturated rings. The van der Waals surface area contributed by atoms with E-state index in [4.69, 9.17) is 0 Å². The summed E-state index contributed by atoms with van der Waals surface area (Å²) in [5.74, 6) is -0.625. The number of amides is 2. The molecular weight excluding hydrogens is 324 g/mol. The number of nitrogens with one attached hydrogen (secondary N) is 2. The van der Waals surface area contributed by atoms with Gasteiger partial charge in [-0.15, -0.1) is 0 Å². The Morgan fingerprint density at radius 1 is 1.48 bits per heavy atom. The summed E-state index contributed by atoms with van der Waals surface area (Å²) < 4.78 is 0. The molecule has 1 aliphatic rings. The Kier molecular flexibility index (Phi) is 6.46. The maximum absolute atomic E-state index is 12.7. The molecule has 25 heavy (non-hydrogen) atoms. The van der Waals surface area contributed by atoms with Crippen molar-refractivity contribution in [1.29, 1.82) is 0 Å². The minimum absolute atomic E-state index is 0.130. The Labute approximate surface area is 146 Å². The van der Waals surface area contributed by atoms with Crippen LogP contribution in [0.1, 0.15) is 37.0 Å². The zero-order valence-corrected chi connectivity index (χ0v) is 14.5. The Bertz CT molecular complexity index is 643. The molecule has 1 aromatic rings. The molecule has 2 unspecified atom stereocenters. The fourth-order valence-corrected chi connectivity index (χ4v) is 2.97. The van der Waals surface area contributed by atoms with E-state index in [1.165, 1.54) is 24.3 Å².